The minimum absolute atomic E-state index is 0.238. The first-order valence-electron chi connectivity index (χ1n) is 8.50. The van der Waals surface area contributed by atoms with Gasteiger partial charge in [-0.15, -0.1) is 0 Å². The maximum absolute atomic E-state index is 5.98. The molecule has 2 N–H and O–H groups in total. The van der Waals surface area contributed by atoms with Crippen LogP contribution in [0.25, 0.3) is 0 Å². The smallest absolute Gasteiger partial charge is 0.131 e. The van der Waals surface area contributed by atoms with E-state index in [0.717, 1.165) is 23.8 Å². The zero-order valence-corrected chi connectivity index (χ0v) is 14.9. The van der Waals surface area contributed by atoms with E-state index >= 15 is 0 Å². The highest BCUT2D eigenvalue weighted by molar-refractivity contribution is 5.38. The molecule has 24 heavy (non-hydrogen) atoms. The van der Waals surface area contributed by atoms with Crippen molar-refractivity contribution in [1.82, 2.24) is 4.90 Å². The molecule has 4 heteroatoms. The predicted molar refractivity (Wildman–Crippen MR) is 98.8 cm³/mol. The molecular formula is C20H28N2O2. The third-order valence-corrected chi connectivity index (χ3v) is 4.16. The van der Waals surface area contributed by atoms with Gasteiger partial charge in [0.1, 0.15) is 17.2 Å². The van der Waals surface area contributed by atoms with E-state index in [4.69, 9.17) is 15.2 Å². The Hall–Kier alpha value is -2.04. The Balaban J connectivity index is 2.05. The molecule has 0 aliphatic carbocycles. The number of nitrogens with two attached hydrogens (primary N) is 1. The first kappa shape index (κ1) is 18.3. The minimum atomic E-state index is 0.238. The average molecular weight is 328 g/mol. The molecule has 0 radical (unpaired) electrons. The lowest BCUT2D eigenvalue weighted by Crippen LogP contribution is -2.31. The van der Waals surface area contributed by atoms with E-state index < -0.39 is 0 Å². The van der Waals surface area contributed by atoms with Gasteiger partial charge in [-0.3, -0.25) is 4.90 Å². The van der Waals surface area contributed by atoms with Crippen LogP contribution in [0.5, 0.6) is 17.2 Å². The maximum atomic E-state index is 5.98. The van der Waals surface area contributed by atoms with Gasteiger partial charge in [0.05, 0.1) is 7.11 Å². The zero-order chi connectivity index (χ0) is 17.4. The summed E-state index contributed by atoms with van der Waals surface area (Å²) in [6.45, 7) is 3.87. The van der Waals surface area contributed by atoms with Crippen LogP contribution >= 0.6 is 0 Å². The van der Waals surface area contributed by atoms with Crippen LogP contribution in [0.15, 0.2) is 48.5 Å². The van der Waals surface area contributed by atoms with Crippen molar-refractivity contribution in [3.05, 3.63) is 54.1 Å². The van der Waals surface area contributed by atoms with Crippen molar-refractivity contribution in [2.45, 2.75) is 25.8 Å². The van der Waals surface area contributed by atoms with Crippen LogP contribution in [0.1, 0.15) is 31.4 Å². The third kappa shape index (κ3) is 4.98. The van der Waals surface area contributed by atoms with Gasteiger partial charge in [0.25, 0.3) is 0 Å². The molecule has 0 aromatic heterocycles. The number of hydrogen-bond acceptors (Lipinski definition) is 4. The quantitative estimate of drug-likeness (QED) is 0.749. The zero-order valence-electron chi connectivity index (χ0n) is 14.9. The molecule has 0 fully saturated rings. The van der Waals surface area contributed by atoms with Crippen LogP contribution < -0.4 is 15.2 Å². The normalized spacial score (nSPS) is 12.2. The van der Waals surface area contributed by atoms with Gasteiger partial charge < -0.3 is 15.2 Å². The van der Waals surface area contributed by atoms with Gasteiger partial charge in [-0.05, 0) is 49.8 Å². The maximum Gasteiger partial charge on any atom is 0.131 e. The molecule has 2 aromatic rings. The summed E-state index contributed by atoms with van der Waals surface area (Å²) in [4.78, 5) is 2.32. The van der Waals surface area contributed by atoms with E-state index in [1.54, 1.807) is 7.11 Å². The van der Waals surface area contributed by atoms with E-state index in [1.807, 2.05) is 36.4 Å². The first-order chi connectivity index (χ1) is 11.7. The number of methoxy groups -OCH3 is 1. The fourth-order valence-electron chi connectivity index (χ4n) is 2.69. The Morgan fingerprint density at radius 1 is 1.04 bits per heavy atom. The summed E-state index contributed by atoms with van der Waals surface area (Å²) in [6, 6.07) is 16.0. The Kier molecular flexibility index (Phi) is 7.09. The van der Waals surface area contributed by atoms with Crippen LogP contribution in [0.3, 0.4) is 0 Å². The van der Waals surface area contributed by atoms with Crippen LogP contribution in [-0.4, -0.2) is 32.1 Å². The molecular weight excluding hydrogens is 300 g/mol. The van der Waals surface area contributed by atoms with Crippen molar-refractivity contribution in [2.24, 2.45) is 5.73 Å². The van der Waals surface area contributed by atoms with Crippen molar-refractivity contribution in [2.75, 3.05) is 27.2 Å². The topological polar surface area (TPSA) is 47.7 Å². The molecule has 0 spiro atoms. The molecule has 1 unspecified atom stereocenters. The SMILES string of the molecule is CCCCN(C)C(CN)c1ccc(Oc2cccc(OC)c2)cc1. The number of likely N-dealkylation sites (N-methyl/N-ethyl adjacent to an activating group) is 1. The summed E-state index contributed by atoms with van der Waals surface area (Å²) in [7, 11) is 3.78. The Morgan fingerprint density at radius 3 is 2.38 bits per heavy atom. The molecule has 2 aromatic carbocycles. The summed E-state index contributed by atoms with van der Waals surface area (Å²) in [6.07, 6.45) is 2.37. The number of benzene rings is 2. The molecule has 0 aliphatic heterocycles. The molecule has 130 valence electrons. The van der Waals surface area contributed by atoms with Gasteiger partial charge in [-0.2, -0.15) is 0 Å². The minimum Gasteiger partial charge on any atom is -0.497 e. The van der Waals surface area contributed by atoms with E-state index in [0.29, 0.717) is 6.54 Å². The van der Waals surface area contributed by atoms with Crippen LogP contribution in [-0.2, 0) is 0 Å². The van der Waals surface area contributed by atoms with Crippen molar-refractivity contribution < 1.29 is 9.47 Å². The van der Waals surface area contributed by atoms with Crippen molar-refractivity contribution in [3.8, 4) is 17.2 Å². The summed E-state index contributed by atoms with van der Waals surface area (Å²) in [5.74, 6) is 2.35. The largest absolute Gasteiger partial charge is 0.497 e. The standard InChI is InChI=1S/C20H28N2O2/c1-4-5-13-22(2)20(15-21)16-9-11-17(12-10-16)24-19-8-6-7-18(14-19)23-3/h6-12,14,20H,4-5,13,15,21H2,1-3H3. The second-order valence-corrected chi connectivity index (χ2v) is 5.94. The lowest BCUT2D eigenvalue weighted by Gasteiger charge is -2.27. The number of unbranched alkanes of at least 4 members (excludes halogenated alkanes) is 1. The van der Waals surface area contributed by atoms with Gasteiger partial charge in [0, 0.05) is 18.7 Å². The van der Waals surface area contributed by atoms with E-state index in [9.17, 15) is 0 Å². The molecule has 0 saturated heterocycles. The van der Waals surface area contributed by atoms with E-state index in [-0.39, 0.29) is 6.04 Å². The van der Waals surface area contributed by atoms with Gasteiger partial charge in [0.15, 0.2) is 0 Å². The summed E-state index contributed by atoms with van der Waals surface area (Å²) in [5, 5.41) is 0. The molecule has 4 nitrogen and oxygen atoms in total. The van der Waals surface area contributed by atoms with Crippen LogP contribution in [0.4, 0.5) is 0 Å². The Bertz CT molecular complexity index is 613. The average Bonchev–Trinajstić information content (AvgIpc) is 2.62. The molecule has 2 rings (SSSR count). The fourth-order valence-corrected chi connectivity index (χ4v) is 2.69. The molecule has 0 saturated carbocycles. The first-order valence-corrected chi connectivity index (χ1v) is 8.50. The van der Waals surface area contributed by atoms with Crippen LogP contribution in [0.2, 0.25) is 0 Å². The van der Waals surface area contributed by atoms with Crippen molar-refractivity contribution >= 4 is 0 Å². The molecule has 0 aliphatic rings. The summed E-state index contributed by atoms with van der Waals surface area (Å²) < 4.78 is 11.1. The number of ether oxygens (including phenoxy) is 2. The summed E-state index contributed by atoms with van der Waals surface area (Å²) in [5.41, 5.74) is 7.20. The Labute approximate surface area is 145 Å². The fraction of sp³-hybridized carbons (Fsp3) is 0.400. The highest BCUT2D eigenvalue weighted by Crippen LogP contribution is 2.27. The second kappa shape index (κ2) is 9.30. The van der Waals surface area contributed by atoms with Gasteiger partial charge in [-0.25, -0.2) is 0 Å². The summed E-state index contributed by atoms with van der Waals surface area (Å²) >= 11 is 0. The predicted octanol–water partition coefficient (Wildman–Crippen LogP) is 4.22. The van der Waals surface area contributed by atoms with Crippen LogP contribution in [0, 0.1) is 0 Å². The number of nitrogens with zero attached hydrogens (tertiary/aromatic N) is 1. The Morgan fingerprint density at radius 2 is 1.75 bits per heavy atom. The molecule has 0 amide bonds. The highest BCUT2D eigenvalue weighted by Gasteiger charge is 2.15. The van der Waals surface area contributed by atoms with E-state index in [2.05, 4.69) is 31.0 Å². The monoisotopic (exact) mass is 328 g/mol. The lowest BCUT2D eigenvalue weighted by atomic mass is 10.1. The van der Waals surface area contributed by atoms with Crippen molar-refractivity contribution in [1.29, 1.82) is 0 Å². The van der Waals surface area contributed by atoms with Gasteiger partial charge >= 0.3 is 0 Å². The third-order valence-electron chi connectivity index (χ3n) is 4.16. The molecule has 1 atom stereocenters. The van der Waals surface area contributed by atoms with Crippen molar-refractivity contribution in [3.63, 3.8) is 0 Å². The lowest BCUT2D eigenvalue weighted by molar-refractivity contribution is 0.246. The number of hydrogen-bond donors (Lipinski definition) is 1. The van der Waals surface area contributed by atoms with Gasteiger partial charge in [-0.1, -0.05) is 31.5 Å². The van der Waals surface area contributed by atoms with Gasteiger partial charge in [0.2, 0.25) is 0 Å². The number of rotatable bonds is 9. The molecule has 0 bridgehead atoms. The molecule has 0 heterocycles. The second-order valence-electron chi connectivity index (χ2n) is 5.94. The van der Waals surface area contributed by atoms with E-state index in [1.165, 1.54) is 18.4 Å². The highest BCUT2D eigenvalue weighted by atomic mass is 16.5.